The van der Waals surface area contributed by atoms with Gasteiger partial charge in [-0.05, 0) is 25.0 Å². The molecule has 0 aliphatic heterocycles. The first-order valence-corrected chi connectivity index (χ1v) is 5.72. The fourth-order valence-electron chi connectivity index (χ4n) is 1.64. The zero-order valence-electron chi connectivity index (χ0n) is 8.38. The van der Waals surface area contributed by atoms with Crippen LogP contribution in [0.2, 0.25) is 0 Å². The molecule has 0 aliphatic rings. The fraction of sp³-hybridized carbons (Fsp3) is 0.500. The van der Waals surface area contributed by atoms with Gasteiger partial charge in [-0.2, -0.15) is 0 Å². The molecule has 1 rings (SSSR count). The summed E-state index contributed by atoms with van der Waals surface area (Å²) >= 11 is 3.32. The van der Waals surface area contributed by atoms with Gasteiger partial charge in [0.25, 0.3) is 0 Å². The van der Waals surface area contributed by atoms with E-state index >= 15 is 0 Å². The minimum absolute atomic E-state index is 0.435. The highest BCUT2D eigenvalue weighted by molar-refractivity contribution is 9.09. The van der Waals surface area contributed by atoms with Crippen molar-refractivity contribution >= 4 is 21.9 Å². The lowest BCUT2D eigenvalue weighted by Gasteiger charge is -2.07. The Kier molecular flexibility index (Phi) is 3.75. The normalized spacial score (nSPS) is 10.5. The van der Waals surface area contributed by atoms with Crippen LogP contribution < -0.4 is 0 Å². The van der Waals surface area contributed by atoms with Crippen LogP contribution in [0.1, 0.15) is 28.7 Å². The summed E-state index contributed by atoms with van der Waals surface area (Å²) < 4.78 is 1.84. The Labute approximate surface area is 91.9 Å². The zero-order chi connectivity index (χ0) is 10.7. The molecule has 0 unspecified atom stereocenters. The average molecular weight is 260 g/mol. The smallest absolute Gasteiger partial charge is 0.352 e. The molecular formula is C10H14BrNO2. The van der Waals surface area contributed by atoms with Crippen molar-refractivity contribution in [3.63, 3.8) is 0 Å². The Hall–Kier alpha value is -0.770. The lowest BCUT2D eigenvalue weighted by molar-refractivity contribution is 0.0684. The lowest BCUT2D eigenvalue weighted by atomic mass is 10.2. The molecule has 0 atom stereocenters. The minimum Gasteiger partial charge on any atom is -0.477 e. The Bertz CT molecular complexity index is 344. The van der Waals surface area contributed by atoms with Gasteiger partial charge in [0.2, 0.25) is 0 Å². The molecule has 0 bridgehead atoms. The van der Waals surface area contributed by atoms with Crippen LogP contribution in [-0.4, -0.2) is 21.0 Å². The molecule has 78 valence electrons. The van der Waals surface area contributed by atoms with E-state index in [1.807, 2.05) is 24.5 Å². The number of carboxylic acids is 1. The van der Waals surface area contributed by atoms with Gasteiger partial charge in [-0.15, -0.1) is 0 Å². The molecule has 0 aliphatic carbocycles. The zero-order valence-corrected chi connectivity index (χ0v) is 9.97. The van der Waals surface area contributed by atoms with Crippen LogP contribution >= 0.6 is 15.9 Å². The SMILES string of the molecule is CCc1cc(C)n(CCBr)c1C(=O)O. The molecular weight excluding hydrogens is 246 g/mol. The summed E-state index contributed by atoms with van der Waals surface area (Å²) in [6.45, 7) is 4.61. The van der Waals surface area contributed by atoms with Crippen LogP contribution in [0.4, 0.5) is 0 Å². The summed E-state index contributed by atoms with van der Waals surface area (Å²) in [5, 5.41) is 9.85. The topological polar surface area (TPSA) is 42.2 Å². The maximum Gasteiger partial charge on any atom is 0.352 e. The van der Waals surface area contributed by atoms with Gasteiger partial charge in [-0.3, -0.25) is 0 Å². The number of hydrogen-bond acceptors (Lipinski definition) is 1. The first-order valence-electron chi connectivity index (χ1n) is 4.60. The summed E-state index contributed by atoms with van der Waals surface area (Å²) in [6.07, 6.45) is 0.762. The first kappa shape index (κ1) is 11.3. The number of alkyl halides is 1. The van der Waals surface area contributed by atoms with Crippen LogP contribution in [0.15, 0.2) is 6.07 Å². The van der Waals surface area contributed by atoms with Gasteiger partial charge < -0.3 is 9.67 Å². The van der Waals surface area contributed by atoms with E-state index in [-0.39, 0.29) is 0 Å². The minimum atomic E-state index is -0.837. The molecule has 0 amide bonds. The maximum atomic E-state index is 11.1. The van der Waals surface area contributed by atoms with Crippen molar-refractivity contribution in [3.8, 4) is 0 Å². The molecule has 0 aromatic carbocycles. The first-order chi connectivity index (χ1) is 6.61. The van der Waals surface area contributed by atoms with Crippen LogP contribution in [0.25, 0.3) is 0 Å². The van der Waals surface area contributed by atoms with Gasteiger partial charge in [-0.25, -0.2) is 4.79 Å². The van der Waals surface area contributed by atoms with E-state index in [1.54, 1.807) is 0 Å². The molecule has 0 saturated carbocycles. The predicted molar refractivity (Wildman–Crippen MR) is 59.3 cm³/mol. The number of aryl methyl sites for hydroxylation is 2. The van der Waals surface area contributed by atoms with E-state index in [9.17, 15) is 4.79 Å². The number of nitrogens with zero attached hydrogens (tertiary/aromatic N) is 1. The van der Waals surface area contributed by atoms with Crippen molar-refractivity contribution in [1.29, 1.82) is 0 Å². The number of rotatable bonds is 4. The monoisotopic (exact) mass is 259 g/mol. The van der Waals surface area contributed by atoms with Crippen LogP contribution in [0, 0.1) is 6.92 Å². The summed E-state index contributed by atoms with van der Waals surface area (Å²) in [6, 6.07) is 1.95. The van der Waals surface area contributed by atoms with Crippen molar-refractivity contribution in [3.05, 3.63) is 23.0 Å². The summed E-state index contributed by atoms with van der Waals surface area (Å²) in [5.74, 6) is -0.837. The third-order valence-corrected chi connectivity index (χ3v) is 2.63. The molecule has 1 heterocycles. The number of carbonyl (C=O) groups is 1. The molecule has 1 N–H and O–H groups in total. The van der Waals surface area contributed by atoms with E-state index in [0.717, 1.165) is 23.0 Å². The number of aromatic nitrogens is 1. The van der Waals surface area contributed by atoms with Gasteiger partial charge in [0.05, 0.1) is 0 Å². The molecule has 0 radical (unpaired) electrons. The number of aromatic carboxylic acids is 1. The number of carboxylic acid groups (broad SMARTS) is 1. The van der Waals surface area contributed by atoms with Crippen molar-refractivity contribution < 1.29 is 9.90 Å². The second-order valence-corrected chi connectivity index (χ2v) is 3.95. The highest BCUT2D eigenvalue weighted by Gasteiger charge is 2.16. The van der Waals surface area contributed by atoms with E-state index in [4.69, 9.17) is 5.11 Å². The standard InChI is InChI=1S/C10H14BrNO2/c1-3-8-6-7(2)12(5-4-11)9(8)10(13)14/h6H,3-5H2,1-2H3,(H,13,14). The molecule has 0 fully saturated rings. The summed E-state index contributed by atoms with van der Waals surface area (Å²) in [5.41, 5.74) is 2.36. The van der Waals surface area contributed by atoms with Crippen molar-refractivity contribution in [2.24, 2.45) is 0 Å². The van der Waals surface area contributed by atoms with Crippen LogP contribution in [-0.2, 0) is 13.0 Å². The molecule has 1 aromatic heterocycles. The van der Waals surface area contributed by atoms with Gasteiger partial charge in [0, 0.05) is 17.6 Å². The third-order valence-electron chi connectivity index (χ3n) is 2.27. The molecule has 0 spiro atoms. The Morgan fingerprint density at radius 3 is 2.71 bits per heavy atom. The summed E-state index contributed by atoms with van der Waals surface area (Å²) in [7, 11) is 0. The van der Waals surface area contributed by atoms with Gasteiger partial charge in [0.15, 0.2) is 0 Å². The van der Waals surface area contributed by atoms with E-state index in [2.05, 4.69) is 15.9 Å². The molecule has 3 nitrogen and oxygen atoms in total. The van der Waals surface area contributed by atoms with Gasteiger partial charge >= 0.3 is 5.97 Å². The largest absolute Gasteiger partial charge is 0.477 e. The van der Waals surface area contributed by atoms with Gasteiger partial charge in [-0.1, -0.05) is 22.9 Å². The molecule has 0 saturated heterocycles. The number of halogens is 1. The maximum absolute atomic E-state index is 11.1. The lowest BCUT2D eigenvalue weighted by Crippen LogP contribution is -2.12. The molecule has 4 heteroatoms. The Balaban J connectivity index is 3.23. The van der Waals surface area contributed by atoms with E-state index < -0.39 is 5.97 Å². The highest BCUT2D eigenvalue weighted by atomic mass is 79.9. The molecule has 1 aromatic rings. The van der Waals surface area contributed by atoms with E-state index in [1.165, 1.54) is 0 Å². The average Bonchev–Trinajstić information content (AvgIpc) is 2.44. The second-order valence-electron chi connectivity index (χ2n) is 3.16. The van der Waals surface area contributed by atoms with Crippen molar-refractivity contribution in [2.75, 3.05) is 5.33 Å². The Morgan fingerprint density at radius 2 is 2.29 bits per heavy atom. The van der Waals surface area contributed by atoms with E-state index in [0.29, 0.717) is 12.2 Å². The second kappa shape index (κ2) is 4.64. The quantitative estimate of drug-likeness (QED) is 0.845. The van der Waals surface area contributed by atoms with Crippen LogP contribution in [0.5, 0.6) is 0 Å². The van der Waals surface area contributed by atoms with Gasteiger partial charge in [0.1, 0.15) is 5.69 Å². The highest BCUT2D eigenvalue weighted by Crippen LogP contribution is 2.17. The summed E-state index contributed by atoms with van der Waals surface area (Å²) in [4.78, 5) is 11.1. The number of hydrogen-bond donors (Lipinski definition) is 1. The van der Waals surface area contributed by atoms with Crippen molar-refractivity contribution in [2.45, 2.75) is 26.8 Å². The predicted octanol–water partition coefficient (Wildman–Crippen LogP) is 2.45. The van der Waals surface area contributed by atoms with Crippen LogP contribution in [0.3, 0.4) is 0 Å². The fourth-order valence-corrected chi connectivity index (χ4v) is 2.00. The Morgan fingerprint density at radius 1 is 1.64 bits per heavy atom. The van der Waals surface area contributed by atoms with Crippen molar-refractivity contribution in [1.82, 2.24) is 4.57 Å². The molecule has 14 heavy (non-hydrogen) atoms. The third kappa shape index (κ3) is 2.00.